The van der Waals surface area contributed by atoms with E-state index >= 15 is 0 Å². The first kappa shape index (κ1) is 9.43. The Kier molecular flexibility index (Phi) is 2.33. The van der Waals surface area contributed by atoms with Crippen LogP contribution in [0.1, 0.15) is 6.42 Å². The summed E-state index contributed by atoms with van der Waals surface area (Å²) in [6, 6.07) is 0.664. The Morgan fingerprint density at radius 3 is 2.38 bits per heavy atom. The molecule has 5 heteroatoms. The van der Waals surface area contributed by atoms with Crippen LogP contribution in [-0.2, 0) is 14.6 Å². The number of rotatable bonds is 2. The van der Waals surface area contributed by atoms with Crippen LogP contribution < -0.4 is 0 Å². The minimum absolute atomic E-state index is 0.221. The van der Waals surface area contributed by atoms with Crippen molar-refractivity contribution >= 4 is 9.84 Å². The average Bonchev–Trinajstić information content (AvgIpc) is 2.26. The minimum atomic E-state index is -2.74. The van der Waals surface area contributed by atoms with Crippen LogP contribution >= 0.6 is 0 Å². The summed E-state index contributed by atoms with van der Waals surface area (Å²) in [4.78, 5) is 2.16. The van der Waals surface area contributed by atoms with Crippen molar-refractivity contribution in [3.8, 4) is 0 Å². The Morgan fingerprint density at radius 1 is 1.31 bits per heavy atom. The monoisotopic (exact) mass is 205 g/mol. The first-order valence-corrected chi connectivity index (χ1v) is 6.41. The van der Waals surface area contributed by atoms with E-state index in [1.165, 1.54) is 0 Å². The van der Waals surface area contributed by atoms with E-state index in [9.17, 15) is 8.42 Å². The predicted molar refractivity (Wildman–Crippen MR) is 49.4 cm³/mol. The fraction of sp³-hybridized carbons (Fsp3) is 1.00. The van der Waals surface area contributed by atoms with E-state index in [0.29, 0.717) is 17.5 Å². The molecule has 2 fully saturated rings. The van der Waals surface area contributed by atoms with Crippen LogP contribution in [0.5, 0.6) is 0 Å². The lowest BCUT2D eigenvalue weighted by Gasteiger charge is -2.37. The van der Waals surface area contributed by atoms with E-state index in [1.807, 2.05) is 7.05 Å². The lowest BCUT2D eigenvalue weighted by Crippen LogP contribution is -2.51. The molecule has 0 amide bonds. The molecular weight excluding hydrogens is 190 g/mol. The Bertz CT molecular complexity index is 284. The number of hydrogen-bond donors (Lipinski definition) is 0. The van der Waals surface area contributed by atoms with E-state index < -0.39 is 9.84 Å². The second-order valence-corrected chi connectivity index (χ2v) is 6.14. The molecule has 0 aromatic heterocycles. The van der Waals surface area contributed by atoms with Crippen LogP contribution in [0, 0.1) is 0 Å². The van der Waals surface area contributed by atoms with Gasteiger partial charge in [-0.2, -0.15) is 0 Å². The van der Waals surface area contributed by atoms with Crippen LogP contribution in [0.3, 0.4) is 0 Å². The Balaban J connectivity index is 1.94. The Labute approximate surface area is 78.8 Å². The molecular formula is C8H15NO3S. The van der Waals surface area contributed by atoms with E-state index in [1.54, 1.807) is 0 Å². The van der Waals surface area contributed by atoms with Crippen LogP contribution in [0.2, 0.25) is 0 Å². The zero-order valence-electron chi connectivity index (χ0n) is 7.77. The fourth-order valence-corrected chi connectivity index (χ4v) is 3.64. The molecule has 2 aliphatic rings. The summed E-state index contributed by atoms with van der Waals surface area (Å²) in [5.41, 5.74) is 0. The molecule has 2 aliphatic heterocycles. The molecule has 0 aromatic rings. The molecule has 0 aliphatic carbocycles. The highest BCUT2D eigenvalue weighted by Gasteiger charge is 2.35. The molecule has 13 heavy (non-hydrogen) atoms. The molecule has 2 heterocycles. The van der Waals surface area contributed by atoms with Gasteiger partial charge in [0, 0.05) is 6.04 Å². The smallest absolute Gasteiger partial charge is 0.151 e. The standard InChI is InChI=1S/C8H15NO3S/c1-9(8-4-12-5-8)7-2-3-13(10,11)6-7/h7-8H,2-6H2,1H3. The molecule has 0 saturated carbocycles. The second kappa shape index (κ2) is 3.22. The molecule has 2 saturated heterocycles. The van der Waals surface area contributed by atoms with Crippen LogP contribution in [0.15, 0.2) is 0 Å². The number of nitrogens with zero attached hydrogens (tertiary/aromatic N) is 1. The van der Waals surface area contributed by atoms with E-state index in [2.05, 4.69) is 4.90 Å². The van der Waals surface area contributed by atoms with Crippen molar-refractivity contribution in [2.45, 2.75) is 18.5 Å². The van der Waals surface area contributed by atoms with Gasteiger partial charge in [-0.3, -0.25) is 4.90 Å². The molecule has 1 atom stereocenters. The van der Waals surface area contributed by atoms with Gasteiger partial charge < -0.3 is 4.74 Å². The molecule has 0 bridgehead atoms. The third-order valence-electron chi connectivity index (χ3n) is 2.98. The summed E-state index contributed by atoms with van der Waals surface area (Å²) in [6.07, 6.45) is 0.787. The number of ether oxygens (including phenoxy) is 1. The maximum Gasteiger partial charge on any atom is 0.151 e. The summed E-state index contributed by atoms with van der Waals surface area (Å²) in [5.74, 6) is 0.690. The number of hydrogen-bond acceptors (Lipinski definition) is 4. The lowest BCUT2D eigenvalue weighted by molar-refractivity contribution is -0.0662. The second-order valence-electron chi connectivity index (χ2n) is 3.91. The SMILES string of the molecule is CN(C1COC1)C1CCS(=O)(=O)C1. The highest BCUT2D eigenvalue weighted by Crippen LogP contribution is 2.20. The molecule has 4 nitrogen and oxygen atoms in total. The molecule has 76 valence electrons. The predicted octanol–water partition coefficient (Wildman–Crippen LogP) is -0.496. The molecule has 0 radical (unpaired) electrons. The Morgan fingerprint density at radius 2 is 2.00 bits per heavy atom. The normalized spacial score (nSPS) is 33.5. The maximum atomic E-state index is 11.2. The third kappa shape index (κ3) is 1.87. The van der Waals surface area contributed by atoms with Crippen LogP contribution in [-0.4, -0.2) is 57.2 Å². The van der Waals surface area contributed by atoms with Gasteiger partial charge >= 0.3 is 0 Å². The largest absolute Gasteiger partial charge is 0.378 e. The van der Waals surface area contributed by atoms with E-state index in [0.717, 1.165) is 19.6 Å². The average molecular weight is 205 g/mol. The zero-order chi connectivity index (χ0) is 9.47. The van der Waals surface area contributed by atoms with Gasteiger partial charge in [0.15, 0.2) is 9.84 Å². The van der Waals surface area contributed by atoms with Crippen molar-refractivity contribution in [1.82, 2.24) is 4.90 Å². The molecule has 0 spiro atoms. The lowest BCUT2D eigenvalue weighted by atomic mass is 10.1. The number of sulfone groups is 1. The minimum Gasteiger partial charge on any atom is -0.378 e. The van der Waals surface area contributed by atoms with Crippen molar-refractivity contribution in [1.29, 1.82) is 0 Å². The van der Waals surface area contributed by atoms with Crippen molar-refractivity contribution in [2.75, 3.05) is 31.8 Å². The quantitative estimate of drug-likeness (QED) is 0.610. The van der Waals surface area contributed by atoms with Gasteiger partial charge in [0.25, 0.3) is 0 Å². The number of likely N-dealkylation sites (N-methyl/N-ethyl adjacent to an activating group) is 1. The summed E-state index contributed by atoms with van der Waals surface area (Å²) in [7, 11) is -0.742. The Hall–Kier alpha value is -0.130. The van der Waals surface area contributed by atoms with Gasteiger partial charge in [-0.15, -0.1) is 0 Å². The van der Waals surface area contributed by atoms with Gasteiger partial charge in [-0.1, -0.05) is 0 Å². The van der Waals surface area contributed by atoms with Crippen molar-refractivity contribution < 1.29 is 13.2 Å². The van der Waals surface area contributed by atoms with Crippen molar-refractivity contribution in [3.05, 3.63) is 0 Å². The first-order chi connectivity index (χ1) is 6.08. The summed E-state index contributed by atoms with van der Waals surface area (Å²) in [5, 5.41) is 0. The van der Waals surface area contributed by atoms with Crippen LogP contribution in [0.4, 0.5) is 0 Å². The van der Waals surface area contributed by atoms with Gasteiger partial charge in [-0.25, -0.2) is 8.42 Å². The highest BCUT2D eigenvalue weighted by molar-refractivity contribution is 7.91. The van der Waals surface area contributed by atoms with Crippen molar-refractivity contribution in [2.24, 2.45) is 0 Å². The van der Waals surface area contributed by atoms with Gasteiger partial charge in [0.1, 0.15) is 0 Å². The third-order valence-corrected chi connectivity index (χ3v) is 4.73. The van der Waals surface area contributed by atoms with E-state index in [4.69, 9.17) is 4.74 Å². The topological polar surface area (TPSA) is 46.6 Å². The van der Waals surface area contributed by atoms with Crippen LogP contribution in [0.25, 0.3) is 0 Å². The summed E-state index contributed by atoms with van der Waals surface area (Å²) < 4.78 is 27.5. The summed E-state index contributed by atoms with van der Waals surface area (Å²) >= 11 is 0. The molecule has 0 aromatic carbocycles. The summed E-state index contributed by atoms with van der Waals surface area (Å²) in [6.45, 7) is 1.51. The maximum absolute atomic E-state index is 11.2. The van der Waals surface area contributed by atoms with Gasteiger partial charge in [0.2, 0.25) is 0 Å². The van der Waals surface area contributed by atoms with Gasteiger partial charge in [-0.05, 0) is 13.5 Å². The molecule has 1 unspecified atom stereocenters. The zero-order valence-corrected chi connectivity index (χ0v) is 8.59. The molecule has 2 rings (SSSR count). The van der Waals surface area contributed by atoms with E-state index in [-0.39, 0.29) is 6.04 Å². The van der Waals surface area contributed by atoms with Crippen molar-refractivity contribution in [3.63, 3.8) is 0 Å². The fourth-order valence-electron chi connectivity index (χ4n) is 1.85. The van der Waals surface area contributed by atoms with Gasteiger partial charge in [0.05, 0.1) is 30.8 Å². The first-order valence-electron chi connectivity index (χ1n) is 4.58. The highest BCUT2D eigenvalue weighted by atomic mass is 32.2. The molecule has 0 N–H and O–H groups in total.